The van der Waals surface area contributed by atoms with E-state index in [1.807, 2.05) is 18.0 Å². The number of nitrogens with zero attached hydrogens (tertiary/aromatic N) is 3. The van der Waals surface area contributed by atoms with Crippen molar-refractivity contribution in [2.24, 2.45) is 0 Å². The van der Waals surface area contributed by atoms with Gasteiger partial charge in [0.1, 0.15) is 5.82 Å². The van der Waals surface area contributed by atoms with Gasteiger partial charge in [-0.05, 0) is 72.9 Å². The molecule has 2 aromatic carbocycles. The van der Waals surface area contributed by atoms with Gasteiger partial charge in [-0.3, -0.25) is 9.89 Å². The second-order valence-electron chi connectivity index (χ2n) is 9.92. The number of anilines is 1. The first kappa shape index (κ1) is 24.5. The Bertz CT molecular complexity index is 1190. The van der Waals surface area contributed by atoms with Gasteiger partial charge in [-0.1, -0.05) is 32.0 Å². The molecule has 0 radical (unpaired) electrons. The van der Waals surface area contributed by atoms with Crippen molar-refractivity contribution in [1.29, 1.82) is 0 Å². The zero-order valence-electron chi connectivity index (χ0n) is 21.6. The molecule has 2 N–H and O–H groups in total. The van der Waals surface area contributed by atoms with Crippen molar-refractivity contribution in [1.82, 2.24) is 20.1 Å². The molecule has 2 fully saturated rings. The van der Waals surface area contributed by atoms with E-state index in [2.05, 4.69) is 59.7 Å². The number of piperidine rings is 1. The molecule has 36 heavy (non-hydrogen) atoms. The van der Waals surface area contributed by atoms with Gasteiger partial charge in [0.15, 0.2) is 5.82 Å². The van der Waals surface area contributed by atoms with Crippen LogP contribution in [0.1, 0.15) is 77.8 Å². The third kappa shape index (κ3) is 4.89. The molecule has 0 spiro atoms. The molecule has 7 nitrogen and oxygen atoms in total. The fraction of sp³-hybridized carbons (Fsp3) is 0.483. The van der Waals surface area contributed by atoms with Crippen LogP contribution in [0.2, 0.25) is 0 Å². The molecule has 2 aliphatic rings. The molecule has 2 aliphatic heterocycles. The second-order valence-corrected chi connectivity index (χ2v) is 9.92. The molecule has 0 bridgehead atoms. The van der Waals surface area contributed by atoms with Crippen LogP contribution in [0.3, 0.4) is 0 Å². The van der Waals surface area contributed by atoms with Crippen LogP contribution in [0.25, 0.3) is 11.4 Å². The van der Waals surface area contributed by atoms with Gasteiger partial charge in [0.25, 0.3) is 5.91 Å². The lowest BCUT2D eigenvalue weighted by molar-refractivity contribution is 0.0712. The molecule has 3 heterocycles. The summed E-state index contributed by atoms with van der Waals surface area (Å²) >= 11 is 0. The number of rotatable bonds is 7. The Morgan fingerprint density at radius 3 is 2.44 bits per heavy atom. The van der Waals surface area contributed by atoms with Gasteiger partial charge in [0.2, 0.25) is 0 Å². The number of aromatic amines is 1. The Kier molecular flexibility index (Phi) is 7.37. The predicted molar refractivity (Wildman–Crippen MR) is 143 cm³/mol. The van der Waals surface area contributed by atoms with Crippen molar-refractivity contribution in [2.45, 2.75) is 57.8 Å². The number of carbonyl (C=O) groups is 1. The minimum Gasteiger partial charge on any atom is -0.388 e. The number of aromatic nitrogens is 3. The molecule has 190 valence electrons. The number of aryl methyl sites for hydroxylation is 2. The first-order valence-corrected chi connectivity index (χ1v) is 13.3. The highest BCUT2D eigenvalue weighted by atomic mass is 16.5. The number of amides is 1. The second kappa shape index (κ2) is 10.8. The summed E-state index contributed by atoms with van der Waals surface area (Å²) in [4.78, 5) is 20.6. The van der Waals surface area contributed by atoms with Crippen LogP contribution in [-0.4, -0.2) is 59.3 Å². The standard InChI is InChI=1S/C29H37N5O2/c1-4-19-16-20(5-2)26(17-25(19)28-31-27(32-33-28)23-12-15-36-18-23)29(35)34-13-10-22(11-14-34)21-6-8-24(30-3)9-7-21/h6-9,16-17,22-23,30H,4-5,10-15,18H2,1-3H3,(H,31,32,33). The average molecular weight is 488 g/mol. The number of hydrogen-bond donors (Lipinski definition) is 2. The largest absolute Gasteiger partial charge is 0.388 e. The van der Waals surface area contributed by atoms with Crippen molar-refractivity contribution in [3.63, 3.8) is 0 Å². The monoisotopic (exact) mass is 487 g/mol. The van der Waals surface area contributed by atoms with Crippen molar-refractivity contribution in [3.8, 4) is 11.4 Å². The molecule has 1 aromatic heterocycles. The van der Waals surface area contributed by atoms with E-state index in [1.54, 1.807) is 0 Å². The maximum atomic E-state index is 13.8. The maximum Gasteiger partial charge on any atom is 0.254 e. The molecular formula is C29H37N5O2. The van der Waals surface area contributed by atoms with Crippen LogP contribution in [0.5, 0.6) is 0 Å². The molecule has 0 aliphatic carbocycles. The Labute approximate surface area is 213 Å². The highest BCUT2D eigenvalue weighted by Gasteiger charge is 2.28. The number of H-pyrrole nitrogens is 1. The first-order valence-electron chi connectivity index (χ1n) is 13.3. The van der Waals surface area contributed by atoms with Crippen LogP contribution in [-0.2, 0) is 17.6 Å². The summed E-state index contributed by atoms with van der Waals surface area (Å²) in [6, 6.07) is 12.9. The molecular weight excluding hydrogens is 450 g/mol. The van der Waals surface area contributed by atoms with Crippen molar-refractivity contribution in [3.05, 3.63) is 64.5 Å². The lowest BCUT2D eigenvalue weighted by atomic mass is 9.88. The van der Waals surface area contributed by atoms with Gasteiger partial charge < -0.3 is 15.0 Å². The Hall–Kier alpha value is -3.19. The van der Waals surface area contributed by atoms with Gasteiger partial charge >= 0.3 is 0 Å². The normalized spacial score (nSPS) is 18.5. The van der Waals surface area contributed by atoms with E-state index >= 15 is 0 Å². The highest BCUT2D eigenvalue weighted by Crippen LogP contribution is 2.32. The van der Waals surface area contributed by atoms with Crippen LogP contribution in [0, 0.1) is 0 Å². The fourth-order valence-electron chi connectivity index (χ4n) is 5.52. The van der Waals surface area contributed by atoms with Crippen LogP contribution < -0.4 is 5.32 Å². The smallest absolute Gasteiger partial charge is 0.254 e. The summed E-state index contributed by atoms with van der Waals surface area (Å²) in [5.74, 6) is 2.44. The van der Waals surface area contributed by atoms with E-state index in [1.165, 1.54) is 11.1 Å². The summed E-state index contributed by atoms with van der Waals surface area (Å²) in [5.41, 5.74) is 6.51. The zero-order chi connectivity index (χ0) is 25.1. The Morgan fingerprint density at radius 2 is 1.81 bits per heavy atom. The van der Waals surface area contributed by atoms with Crippen molar-refractivity contribution < 1.29 is 9.53 Å². The lowest BCUT2D eigenvalue weighted by Gasteiger charge is -2.33. The van der Waals surface area contributed by atoms with E-state index in [0.717, 1.165) is 80.0 Å². The third-order valence-corrected chi connectivity index (χ3v) is 7.83. The fourth-order valence-corrected chi connectivity index (χ4v) is 5.52. The van der Waals surface area contributed by atoms with Gasteiger partial charge in [-0.25, -0.2) is 4.98 Å². The molecule has 1 atom stereocenters. The van der Waals surface area contributed by atoms with Gasteiger partial charge in [0, 0.05) is 49.5 Å². The number of likely N-dealkylation sites (tertiary alicyclic amines) is 1. The van der Waals surface area contributed by atoms with E-state index in [-0.39, 0.29) is 11.8 Å². The van der Waals surface area contributed by atoms with Gasteiger partial charge in [-0.15, -0.1) is 0 Å². The van der Waals surface area contributed by atoms with E-state index < -0.39 is 0 Å². The minimum atomic E-state index is 0.125. The van der Waals surface area contributed by atoms with Crippen LogP contribution >= 0.6 is 0 Å². The highest BCUT2D eigenvalue weighted by molar-refractivity contribution is 5.97. The maximum absolute atomic E-state index is 13.8. The molecule has 7 heteroatoms. The molecule has 5 rings (SSSR count). The van der Waals surface area contributed by atoms with Crippen molar-refractivity contribution >= 4 is 11.6 Å². The zero-order valence-corrected chi connectivity index (χ0v) is 21.6. The van der Waals surface area contributed by atoms with Gasteiger partial charge in [-0.2, -0.15) is 5.10 Å². The van der Waals surface area contributed by atoms with Gasteiger partial charge in [0.05, 0.1) is 6.61 Å². The number of nitrogens with one attached hydrogen (secondary N) is 2. The molecule has 2 saturated heterocycles. The predicted octanol–water partition coefficient (Wildman–Crippen LogP) is 5.16. The number of benzene rings is 2. The van der Waals surface area contributed by atoms with E-state index in [4.69, 9.17) is 9.72 Å². The first-order chi connectivity index (χ1) is 17.6. The number of ether oxygens (including phenoxy) is 1. The summed E-state index contributed by atoms with van der Waals surface area (Å²) in [7, 11) is 1.94. The third-order valence-electron chi connectivity index (χ3n) is 7.83. The van der Waals surface area contributed by atoms with E-state index in [0.29, 0.717) is 18.3 Å². The summed E-state index contributed by atoms with van der Waals surface area (Å²) in [6.45, 7) is 7.27. The van der Waals surface area contributed by atoms with Crippen LogP contribution in [0.4, 0.5) is 5.69 Å². The summed E-state index contributed by atoms with van der Waals surface area (Å²) < 4.78 is 5.52. The quantitative estimate of drug-likeness (QED) is 0.481. The Balaban J connectivity index is 1.36. The molecule has 1 unspecified atom stereocenters. The summed E-state index contributed by atoms with van der Waals surface area (Å²) in [6.07, 6.45) is 4.62. The molecule has 3 aromatic rings. The number of carbonyl (C=O) groups excluding carboxylic acids is 1. The number of hydrogen-bond acceptors (Lipinski definition) is 5. The molecule has 0 saturated carbocycles. The molecule has 1 amide bonds. The van der Waals surface area contributed by atoms with Crippen molar-refractivity contribution in [2.75, 3.05) is 38.7 Å². The van der Waals surface area contributed by atoms with Crippen LogP contribution in [0.15, 0.2) is 36.4 Å². The topological polar surface area (TPSA) is 83.1 Å². The average Bonchev–Trinajstić information content (AvgIpc) is 3.65. The minimum absolute atomic E-state index is 0.125. The van der Waals surface area contributed by atoms with E-state index in [9.17, 15) is 4.79 Å². The Morgan fingerprint density at radius 1 is 1.06 bits per heavy atom. The lowest BCUT2D eigenvalue weighted by Crippen LogP contribution is -2.38. The summed E-state index contributed by atoms with van der Waals surface area (Å²) in [5, 5.41) is 10.8. The SMILES string of the molecule is CCc1cc(CC)c(-c2n[nH]c(C3CCOC3)n2)cc1C(=O)N1CCC(c2ccc(NC)cc2)CC1.